The molecule has 4 heteroatoms. The number of carbonyl (C=O) groups excluding carboxylic acids is 2. The molecule has 0 aromatic heterocycles. The second-order valence-electron chi connectivity index (χ2n) is 7.90. The van der Waals surface area contributed by atoms with Crippen molar-refractivity contribution in [2.45, 2.75) is 18.9 Å². The zero-order chi connectivity index (χ0) is 23.0. The first-order valence-electron chi connectivity index (χ1n) is 11.0. The van der Waals surface area contributed by atoms with E-state index in [1.54, 1.807) is 18.2 Å². The Bertz CT molecular complexity index is 1170. The van der Waals surface area contributed by atoms with E-state index in [2.05, 4.69) is 10.6 Å². The van der Waals surface area contributed by atoms with Gasteiger partial charge in [0.15, 0.2) is 0 Å². The minimum atomic E-state index is -0.494. The summed E-state index contributed by atoms with van der Waals surface area (Å²) in [6, 6.07) is 36.0. The fraction of sp³-hybridized carbons (Fsp3) is 0.103. The molecule has 0 spiro atoms. The van der Waals surface area contributed by atoms with Gasteiger partial charge in [0.2, 0.25) is 5.91 Å². The number of hydrogen-bond acceptors (Lipinski definition) is 2. The van der Waals surface area contributed by atoms with Gasteiger partial charge in [0.05, 0.1) is 23.2 Å². The van der Waals surface area contributed by atoms with Gasteiger partial charge >= 0.3 is 0 Å². The van der Waals surface area contributed by atoms with E-state index >= 15 is 0 Å². The van der Waals surface area contributed by atoms with E-state index in [1.807, 2.05) is 104 Å². The molecule has 1 unspecified atom stereocenters. The number of anilines is 1. The Kier molecular flexibility index (Phi) is 6.96. The highest BCUT2D eigenvalue weighted by Gasteiger charge is 2.24. The van der Waals surface area contributed by atoms with Crippen molar-refractivity contribution in [2.75, 3.05) is 5.32 Å². The Morgan fingerprint density at radius 2 is 1.06 bits per heavy atom. The van der Waals surface area contributed by atoms with Crippen LogP contribution >= 0.6 is 0 Å². The van der Waals surface area contributed by atoms with Crippen LogP contribution < -0.4 is 10.6 Å². The zero-order valence-electron chi connectivity index (χ0n) is 18.4. The molecular weight excluding hydrogens is 408 g/mol. The van der Waals surface area contributed by atoms with E-state index in [4.69, 9.17) is 0 Å². The van der Waals surface area contributed by atoms with E-state index in [0.717, 1.165) is 16.7 Å². The molecule has 0 heterocycles. The van der Waals surface area contributed by atoms with Gasteiger partial charge in [-0.25, -0.2) is 0 Å². The topological polar surface area (TPSA) is 58.2 Å². The molecule has 0 radical (unpaired) electrons. The normalized spacial score (nSPS) is 11.6. The fourth-order valence-electron chi connectivity index (χ4n) is 3.88. The van der Waals surface area contributed by atoms with Crippen molar-refractivity contribution >= 4 is 17.5 Å². The lowest BCUT2D eigenvalue weighted by atomic mass is 9.90. The molecule has 33 heavy (non-hydrogen) atoms. The number of amides is 2. The lowest BCUT2D eigenvalue weighted by Crippen LogP contribution is -2.29. The third-order valence-electron chi connectivity index (χ3n) is 5.60. The van der Waals surface area contributed by atoms with E-state index in [1.165, 1.54) is 0 Å². The first kappa shape index (κ1) is 22.0. The van der Waals surface area contributed by atoms with Crippen LogP contribution in [0.2, 0.25) is 0 Å². The molecule has 1 atom stereocenters. The summed E-state index contributed by atoms with van der Waals surface area (Å²) in [7, 11) is 0. The fourth-order valence-corrected chi connectivity index (χ4v) is 3.88. The van der Waals surface area contributed by atoms with Gasteiger partial charge in [-0.1, -0.05) is 103 Å². The third kappa shape index (κ3) is 5.36. The lowest BCUT2D eigenvalue weighted by Gasteiger charge is -2.20. The Labute approximate surface area is 194 Å². The van der Waals surface area contributed by atoms with Crippen LogP contribution in [0.15, 0.2) is 115 Å². The van der Waals surface area contributed by atoms with Gasteiger partial charge in [-0.15, -0.1) is 0 Å². The van der Waals surface area contributed by atoms with Crippen molar-refractivity contribution < 1.29 is 9.59 Å². The zero-order valence-corrected chi connectivity index (χ0v) is 18.4. The monoisotopic (exact) mass is 434 g/mol. The van der Waals surface area contributed by atoms with Crippen LogP contribution in [0, 0.1) is 0 Å². The molecule has 4 rings (SSSR count). The minimum absolute atomic E-state index is 0.163. The highest BCUT2D eigenvalue weighted by atomic mass is 16.2. The molecule has 0 aliphatic carbocycles. The van der Waals surface area contributed by atoms with Crippen LogP contribution in [-0.4, -0.2) is 11.8 Å². The average molecular weight is 435 g/mol. The van der Waals surface area contributed by atoms with Crippen molar-refractivity contribution in [1.29, 1.82) is 0 Å². The molecular formula is C29H26N2O2. The summed E-state index contributed by atoms with van der Waals surface area (Å²) >= 11 is 0. The Balaban J connectivity index is 1.58. The van der Waals surface area contributed by atoms with Gasteiger partial charge in [0.25, 0.3) is 5.91 Å². The molecule has 2 N–H and O–H groups in total. The average Bonchev–Trinajstić information content (AvgIpc) is 2.86. The number of para-hydroxylation sites is 1. The van der Waals surface area contributed by atoms with Crippen molar-refractivity contribution in [2.24, 2.45) is 0 Å². The molecule has 0 aliphatic heterocycles. The predicted molar refractivity (Wildman–Crippen MR) is 132 cm³/mol. The maximum atomic E-state index is 13.5. The van der Waals surface area contributed by atoms with Crippen LogP contribution in [0.5, 0.6) is 0 Å². The largest absolute Gasteiger partial charge is 0.345 e. The van der Waals surface area contributed by atoms with Crippen LogP contribution in [-0.2, 0) is 4.79 Å². The summed E-state index contributed by atoms with van der Waals surface area (Å²) in [4.78, 5) is 26.6. The third-order valence-corrected chi connectivity index (χ3v) is 5.60. The van der Waals surface area contributed by atoms with Crippen molar-refractivity contribution in [1.82, 2.24) is 5.32 Å². The molecule has 0 saturated carbocycles. The summed E-state index contributed by atoms with van der Waals surface area (Å²) in [6.45, 7) is 1.94. The number of rotatable bonds is 7. The number of hydrogen-bond donors (Lipinski definition) is 2. The van der Waals surface area contributed by atoms with Crippen molar-refractivity contribution in [3.05, 3.63) is 138 Å². The standard InChI is InChI=1S/C29H26N2O2/c1-21(22-13-5-2-6-14-22)30-28(32)25-19-11-12-20-26(25)31-29(33)27(23-15-7-3-8-16-23)24-17-9-4-10-18-24/h2-21,27H,1H3,(H,30,32)(H,31,33). The van der Waals surface area contributed by atoms with Crippen LogP contribution in [0.25, 0.3) is 0 Å². The molecule has 4 aromatic carbocycles. The summed E-state index contributed by atoms with van der Waals surface area (Å²) in [5.41, 5.74) is 3.70. The predicted octanol–water partition coefficient (Wildman–Crippen LogP) is 5.95. The minimum Gasteiger partial charge on any atom is -0.345 e. The smallest absolute Gasteiger partial charge is 0.253 e. The van der Waals surface area contributed by atoms with Gasteiger partial charge in [-0.2, -0.15) is 0 Å². The van der Waals surface area contributed by atoms with E-state index < -0.39 is 5.92 Å². The first-order chi connectivity index (χ1) is 16.1. The van der Waals surface area contributed by atoms with E-state index in [9.17, 15) is 9.59 Å². The Morgan fingerprint density at radius 3 is 1.61 bits per heavy atom. The van der Waals surface area contributed by atoms with E-state index in [0.29, 0.717) is 11.3 Å². The van der Waals surface area contributed by atoms with Crippen molar-refractivity contribution in [3.63, 3.8) is 0 Å². The van der Waals surface area contributed by atoms with Crippen LogP contribution in [0.1, 0.15) is 45.9 Å². The molecule has 2 amide bonds. The summed E-state index contributed by atoms with van der Waals surface area (Å²) < 4.78 is 0. The maximum absolute atomic E-state index is 13.5. The molecule has 0 bridgehead atoms. The Morgan fingerprint density at radius 1 is 0.606 bits per heavy atom. The molecule has 0 saturated heterocycles. The van der Waals surface area contributed by atoms with E-state index in [-0.39, 0.29) is 17.9 Å². The Hall–Kier alpha value is -4.18. The highest BCUT2D eigenvalue weighted by molar-refractivity contribution is 6.06. The second kappa shape index (κ2) is 10.4. The molecule has 0 aliphatic rings. The molecule has 164 valence electrons. The maximum Gasteiger partial charge on any atom is 0.253 e. The number of benzene rings is 4. The van der Waals surface area contributed by atoms with Gasteiger partial charge < -0.3 is 10.6 Å². The molecule has 0 fully saturated rings. The van der Waals surface area contributed by atoms with Crippen LogP contribution in [0.4, 0.5) is 5.69 Å². The van der Waals surface area contributed by atoms with Gasteiger partial charge in [0, 0.05) is 0 Å². The summed E-state index contributed by atoms with van der Waals surface area (Å²) in [6.07, 6.45) is 0. The summed E-state index contributed by atoms with van der Waals surface area (Å²) in [5.74, 6) is -0.922. The van der Waals surface area contributed by atoms with Gasteiger partial charge in [0.1, 0.15) is 0 Å². The number of carbonyl (C=O) groups is 2. The second-order valence-corrected chi connectivity index (χ2v) is 7.90. The number of nitrogens with one attached hydrogen (secondary N) is 2. The molecule has 4 aromatic rings. The van der Waals surface area contributed by atoms with Gasteiger partial charge in [-0.05, 0) is 35.7 Å². The van der Waals surface area contributed by atoms with Gasteiger partial charge in [-0.3, -0.25) is 9.59 Å². The van der Waals surface area contributed by atoms with Crippen LogP contribution in [0.3, 0.4) is 0 Å². The quantitative estimate of drug-likeness (QED) is 0.378. The first-order valence-corrected chi connectivity index (χ1v) is 11.0. The molecule has 4 nitrogen and oxygen atoms in total. The summed E-state index contributed by atoms with van der Waals surface area (Å²) in [5, 5.41) is 6.03. The SMILES string of the molecule is CC(NC(=O)c1ccccc1NC(=O)C(c1ccccc1)c1ccccc1)c1ccccc1. The highest BCUT2D eigenvalue weighted by Crippen LogP contribution is 2.27. The lowest BCUT2D eigenvalue weighted by molar-refractivity contribution is -0.116. The van der Waals surface area contributed by atoms with Crippen molar-refractivity contribution in [3.8, 4) is 0 Å².